The van der Waals surface area contributed by atoms with Crippen molar-refractivity contribution in [2.24, 2.45) is 0 Å². The van der Waals surface area contributed by atoms with E-state index in [9.17, 15) is 14.0 Å². The van der Waals surface area contributed by atoms with Crippen LogP contribution in [0.15, 0.2) is 24.3 Å². The van der Waals surface area contributed by atoms with Crippen molar-refractivity contribution in [1.82, 2.24) is 15.1 Å². The summed E-state index contributed by atoms with van der Waals surface area (Å²) in [6.07, 6.45) is 0. The fraction of sp³-hybridized carbons (Fsp3) is 0.471. The molecule has 0 bridgehead atoms. The first kappa shape index (κ1) is 19.3. The van der Waals surface area contributed by atoms with E-state index in [1.165, 1.54) is 30.9 Å². The Labute approximate surface area is 152 Å². The number of nitrogens with zero attached hydrogens (tertiary/aromatic N) is 3. The number of amides is 2. The Balaban J connectivity index is 1.94. The molecule has 0 aliphatic carbocycles. The van der Waals surface area contributed by atoms with Crippen LogP contribution in [-0.4, -0.2) is 66.0 Å². The molecule has 1 saturated heterocycles. The van der Waals surface area contributed by atoms with Crippen LogP contribution >= 0.6 is 12.2 Å². The summed E-state index contributed by atoms with van der Waals surface area (Å²) in [5.41, 5.74) is 0.562. The molecule has 0 atom stereocenters. The first-order chi connectivity index (χ1) is 11.9. The molecule has 1 aromatic carbocycles. The number of hydrogen-bond donors (Lipinski definition) is 1. The maximum Gasteiger partial charge on any atom is 0.230 e. The van der Waals surface area contributed by atoms with Crippen LogP contribution in [0.4, 0.5) is 10.1 Å². The van der Waals surface area contributed by atoms with E-state index in [0.29, 0.717) is 30.4 Å². The number of carbonyl (C=O) groups excluding carboxylic acids is 2. The fourth-order valence-electron chi connectivity index (χ4n) is 2.71. The molecule has 0 spiro atoms. The van der Waals surface area contributed by atoms with Gasteiger partial charge in [0.2, 0.25) is 11.8 Å². The molecule has 1 heterocycles. The Hall–Kier alpha value is -2.06. The van der Waals surface area contributed by atoms with Crippen molar-refractivity contribution in [3.63, 3.8) is 0 Å². The van der Waals surface area contributed by atoms with Crippen LogP contribution in [0, 0.1) is 5.82 Å². The van der Waals surface area contributed by atoms with Crippen molar-refractivity contribution in [1.29, 1.82) is 0 Å². The molecule has 2 amide bonds. The highest BCUT2D eigenvalue weighted by Crippen LogP contribution is 2.18. The van der Waals surface area contributed by atoms with Crippen LogP contribution < -0.4 is 10.2 Å². The lowest BCUT2D eigenvalue weighted by Crippen LogP contribution is -2.54. The lowest BCUT2D eigenvalue weighted by Gasteiger charge is -2.38. The van der Waals surface area contributed by atoms with Crippen molar-refractivity contribution in [3.05, 3.63) is 30.1 Å². The third-order valence-electron chi connectivity index (χ3n) is 4.04. The SMILES string of the molecule is CC(=O)NCCN1CCN(C(=S)N(C(C)=O)c2ccc(F)cc2)CC1. The van der Waals surface area contributed by atoms with Gasteiger partial charge in [-0.3, -0.25) is 19.4 Å². The van der Waals surface area contributed by atoms with Gasteiger partial charge in [0.15, 0.2) is 5.11 Å². The van der Waals surface area contributed by atoms with Crippen molar-refractivity contribution in [2.75, 3.05) is 44.2 Å². The van der Waals surface area contributed by atoms with E-state index in [1.807, 2.05) is 4.90 Å². The van der Waals surface area contributed by atoms with Gasteiger partial charge in [0.05, 0.1) is 5.69 Å². The number of anilines is 1. The van der Waals surface area contributed by atoms with Crippen LogP contribution in [0.5, 0.6) is 0 Å². The van der Waals surface area contributed by atoms with E-state index < -0.39 is 0 Å². The highest BCUT2D eigenvalue weighted by atomic mass is 32.1. The largest absolute Gasteiger partial charge is 0.355 e. The molecule has 0 radical (unpaired) electrons. The summed E-state index contributed by atoms with van der Waals surface area (Å²) < 4.78 is 13.1. The van der Waals surface area contributed by atoms with Crippen LogP contribution in [0.1, 0.15) is 13.8 Å². The monoisotopic (exact) mass is 366 g/mol. The number of carbonyl (C=O) groups is 2. The summed E-state index contributed by atoms with van der Waals surface area (Å²) in [5.74, 6) is -0.591. The van der Waals surface area contributed by atoms with E-state index in [0.717, 1.165) is 19.6 Å². The number of rotatable bonds is 4. The average molecular weight is 366 g/mol. The summed E-state index contributed by atoms with van der Waals surface area (Å²) in [6.45, 7) is 7.35. The third kappa shape index (κ3) is 5.47. The number of hydrogen-bond acceptors (Lipinski definition) is 4. The molecule has 2 rings (SSSR count). The molecule has 0 aromatic heterocycles. The minimum atomic E-state index is -0.356. The first-order valence-corrected chi connectivity index (χ1v) is 8.61. The molecule has 1 N–H and O–H groups in total. The predicted molar refractivity (Wildman–Crippen MR) is 98.9 cm³/mol. The van der Waals surface area contributed by atoms with Gasteiger partial charge < -0.3 is 10.2 Å². The number of piperazine rings is 1. The minimum Gasteiger partial charge on any atom is -0.355 e. The Morgan fingerprint density at radius 1 is 1.16 bits per heavy atom. The van der Waals surface area contributed by atoms with Gasteiger partial charge in [-0.1, -0.05) is 0 Å². The second-order valence-corrected chi connectivity index (χ2v) is 6.29. The van der Waals surface area contributed by atoms with Gasteiger partial charge in [0.25, 0.3) is 0 Å². The smallest absolute Gasteiger partial charge is 0.230 e. The second kappa shape index (κ2) is 8.87. The minimum absolute atomic E-state index is 0.0313. The molecule has 136 valence electrons. The zero-order valence-electron chi connectivity index (χ0n) is 14.5. The lowest BCUT2D eigenvalue weighted by molar-refractivity contribution is -0.119. The molecule has 6 nitrogen and oxygen atoms in total. The zero-order chi connectivity index (χ0) is 18.4. The average Bonchev–Trinajstić information content (AvgIpc) is 2.57. The second-order valence-electron chi connectivity index (χ2n) is 5.93. The Morgan fingerprint density at radius 2 is 1.76 bits per heavy atom. The number of halogens is 1. The number of nitrogens with one attached hydrogen (secondary N) is 1. The van der Waals surface area contributed by atoms with Crippen LogP contribution in [0.25, 0.3) is 0 Å². The fourth-order valence-corrected chi connectivity index (χ4v) is 3.13. The summed E-state index contributed by atoms with van der Waals surface area (Å²) in [6, 6.07) is 5.72. The maximum absolute atomic E-state index is 13.1. The molecule has 1 aliphatic rings. The normalized spacial score (nSPS) is 14.9. The van der Waals surface area contributed by atoms with Gasteiger partial charge in [-0.05, 0) is 36.5 Å². The Morgan fingerprint density at radius 3 is 2.28 bits per heavy atom. The molecule has 1 fully saturated rings. The maximum atomic E-state index is 13.1. The van der Waals surface area contributed by atoms with Gasteiger partial charge in [0.1, 0.15) is 5.82 Å². The third-order valence-corrected chi connectivity index (χ3v) is 4.48. The Kier molecular flexibility index (Phi) is 6.83. The zero-order valence-corrected chi connectivity index (χ0v) is 15.3. The van der Waals surface area contributed by atoms with E-state index in [-0.39, 0.29) is 17.6 Å². The van der Waals surface area contributed by atoms with Gasteiger partial charge >= 0.3 is 0 Å². The molecule has 1 aliphatic heterocycles. The van der Waals surface area contributed by atoms with Crippen molar-refractivity contribution >= 4 is 34.8 Å². The molecular formula is C17H23FN4O2S. The highest BCUT2D eigenvalue weighted by molar-refractivity contribution is 7.80. The van der Waals surface area contributed by atoms with Gasteiger partial charge in [0, 0.05) is 53.1 Å². The number of benzene rings is 1. The Bertz CT molecular complexity index is 630. The van der Waals surface area contributed by atoms with E-state index in [2.05, 4.69) is 10.2 Å². The van der Waals surface area contributed by atoms with Crippen LogP contribution in [0.2, 0.25) is 0 Å². The lowest BCUT2D eigenvalue weighted by atomic mass is 10.2. The van der Waals surface area contributed by atoms with E-state index in [1.54, 1.807) is 12.1 Å². The number of thiocarbonyl (C=S) groups is 1. The molecule has 8 heteroatoms. The molecule has 1 aromatic rings. The molecular weight excluding hydrogens is 343 g/mol. The van der Waals surface area contributed by atoms with Crippen LogP contribution in [-0.2, 0) is 9.59 Å². The molecule has 0 saturated carbocycles. The summed E-state index contributed by atoms with van der Waals surface area (Å²) in [4.78, 5) is 28.6. The van der Waals surface area contributed by atoms with Crippen molar-refractivity contribution in [2.45, 2.75) is 13.8 Å². The van der Waals surface area contributed by atoms with Gasteiger partial charge in [-0.15, -0.1) is 0 Å². The van der Waals surface area contributed by atoms with Crippen molar-refractivity contribution in [3.8, 4) is 0 Å². The quantitative estimate of drug-likeness (QED) is 0.812. The van der Waals surface area contributed by atoms with E-state index in [4.69, 9.17) is 12.2 Å². The van der Waals surface area contributed by atoms with E-state index >= 15 is 0 Å². The topological polar surface area (TPSA) is 55.9 Å². The van der Waals surface area contributed by atoms with Crippen LogP contribution in [0.3, 0.4) is 0 Å². The summed E-state index contributed by atoms with van der Waals surface area (Å²) >= 11 is 5.51. The highest BCUT2D eigenvalue weighted by Gasteiger charge is 2.25. The molecule has 25 heavy (non-hydrogen) atoms. The first-order valence-electron chi connectivity index (χ1n) is 8.20. The standard InChI is InChI=1S/C17H23FN4O2S/c1-13(23)19-7-8-20-9-11-21(12-10-20)17(25)22(14(2)24)16-5-3-15(18)4-6-16/h3-6H,7-12H2,1-2H3,(H,19,23). The predicted octanol–water partition coefficient (Wildman–Crippen LogP) is 1.22. The summed E-state index contributed by atoms with van der Waals surface area (Å²) in [5, 5.41) is 3.21. The molecule has 0 unspecified atom stereocenters. The summed E-state index contributed by atoms with van der Waals surface area (Å²) in [7, 11) is 0. The van der Waals surface area contributed by atoms with Gasteiger partial charge in [-0.25, -0.2) is 4.39 Å². The van der Waals surface area contributed by atoms with Gasteiger partial charge in [-0.2, -0.15) is 0 Å². The van der Waals surface area contributed by atoms with Crippen molar-refractivity contribution < 1.29 is 14.0 Å².